The third-order valence-electron chi connectivity index (χ3n) is 3.46. The smallest absolute Gasteiger partial charge is 0.245 e. The van der Waals surface area contributed by atoms with Crippen LogP contribution in [0, 0.1) is 16.4 Å². The Morgan fingerprint density at radius 3 is 2.79 bits per heavy atom. The van der Waals surface area contributed by atoms with Crippen LogP contribution in [0.15, 0.2) is 12.1 Å². The molecule has 1 aromatic heterocycles. The molecule has 0 spiro atoms. The molecule has 1 N–H and O–H groups in total. The number of hydrogen-bond acceptors (Lipinski definition) is 2. The summed E-state index contributed by atoms with van der Waals surface area (Å²) in [6.07, 6.45) is 0.578. The van der Waals surface area contributed by atoms with E-state index in [9.17, 15) is 13.6 Å². The van der Waals surface area contributed by atoms with Crippen LogP contribution in [-0.4, -0.2) is 34.0 Å². The lowest BCUT2D eigenvalue weighted by Gasteiger charge is -2.12. The fourth-order valence-corrected chi connectivity index (χ4v) is 2.83. The normalized spacial score (nSPS) is 19.6. The van der Waals surface area contributed by atoms with Crippen molar-refractivity contribution in [1.82, 2.24) is 14.5 Å². The number of halogens is 2. The van der Waals surface area contributed by atoms with E-state index in [0.717, 1.165) is 6.07 Å². The minimum absolute atomic E-state index is 0.0957. The molecule has 1 aliphatic rings. The lowest BCUT2D eigenvalue weighted by Crippen LogP contribution is -2.24. The number of amides is 1. The summed E-state index contributed by atoms with van der Waals surface area (Å²) < 4.78 is 28.8. The lowest BCUT2D eigenvalue weighted by atomic mass is 10.2. The van der Waals surface area contributed by atoms with Crippen LogP contribution in [-0.2, 0) is 4.79 Å². The number of hydrogen-bond donors (Lipinski definition) is 1. The molecule has 2 heterocycles. The summed E-state index contributed by atoms with van der Waals surface area (Å²) in [4.78, 5) is 16.3. The molecule has 0 saturated carbocycles. The van der Waals surface area contributed by atoms with Crippen LogP contribution in [0.1, 0.15) is 12.5 Å². The second-order valence-electron chi connectivity index (χ2n) is 4.65. The van der Waals surface area contributed by atoms with Crippen molar-refractivity contribution in [2.75, 3.05) is 13.6 Å². The van der Waals surface area contributed by atoms with Gasteiger partial charge in [-0.25, -0.2) is 8.78 Å². The van der Waals surface area contributed by atoms with Gasteiger partial charge in [-0.15, -0.1) is 0 Å². The van der Waals surface area contributed by atoms with Crippen LogP contribution in [0.4, 0.5) is 8.78 Å². The van der Waals surface area contributed by atoms with Gasteiger partial charge in [0.25, 0.3) is 0 Å². The average Bonchev–Trinajstić information content (AvgIpc) is 2.82. The topological polar surface area (TPSA) is 41.0 Å². The Labute approximate surface area is 112 Å². The van der Waals surface area contributed by atoms with Crippen LogP contribution in [0.5, 0.6) is 0 Å². The van der Waals surface area contributed by atoms with Gasteiger partial charge in [-0.2, -0.15) is 0 Å². The van der Waals surface area contributed by atoms with Crippen molar-refractivity contribution < 1.29 is 13.6 Å². The number of carbonyl (C=O) groups is 1. The van der Waals surface area contributed by atoms with Crippen molar-refractivity contribution in [2.24, 2.45) is 0 Å². The number of benzene rings is 1. The summed E-state index contributed by atoms with van der Waals surface area (Å²) in [5.41, 5.74) is 0.421. The number of likely N-dealkylation sites (tertiary alicyclic amines) is 1. The van der Waals surface area contributed by atoms with Gasteiger partial charge in [0.05, 0.1) is 5.52 Å². The summed E-state index contributed by atoms with van der Waals surface area (Å²) in [6, 6.07) is 1.49. The highest BCUT2D eigenvalue weighted by Gasteiger charge is 2.32. The van der Waals surface area contributed by atoms with Crippen molar-refractivity contribution in [3.8, 4) is 0 Å². The summed E-state index contributed by atoms with van der Waals surface area (Å²) in [5.74, 6) is -1.49. The van der Waals surface area contributed by atoms with Gasteiger partial charge >= 0.3 is 0 Å². The van der Waals surface area contributed by atoms with Gasteiger partial charge in [-0.1, -0.05) is 0 Å². The lowest BCUT2D eigenvalue weighted by molar-refractivity contribution is -0.129. The van der Waals surface area contributed by atoms with E-state index in [0.29, 0.717) is 13.0 Å². The zero-order valence-electron chi connectivity index (χ0n) is 10.1. The first kappa shape index (κ1) is 12.3. The first-order chi connectivity index (χ1) is 8.99. The predicted molar refractivity (Wildman–Crippen MR) is 68.3 cm³/mol. The van der Waals surface area contributed by atoms with Crippen LogP contribution in [0.25, 0.3) is 11.0 Å². The minimum Gasteiger partial charge on any atom is -0.344 e. The molecule has 19 heavy (non-hydrogen) atoms. The number of imidazole rings is 1. The zero-order chi connectivity index (χ0) is 13.7. The number of aromatic amines is 1. The van der Waals surface area contributed by atoms with Crippen molar-refractivity contribution in [2.45, 2.75) is 12.5 Å². The maximum Gasteiger partial charge on any atom is 0.245 e. The molecule has 0 radical (unpaired) electrons. The van der Waals surface area contributed by atoms with Gasteiger partial charge in [0.15, 0.2) is 10.6 Å². The Hall–Kier alpha value is -1.76. The molecule has 1 aromatic carbocycles. The molecule has 4 nitrogen and oxygen atoms in total. The Morgan fingerprint density at radius 1 is 1.42 bits per heavy atom. The maximum absolute atomic E-state index is 13.7. The van der Waals surface area contributed by atoms with Crippen molar-refractivity contribution >= 4 is 29.2 Å². The van der Waals surface area contributed by atoms with Crippen molar-refractivity contribution in [1.29, 1.82) is 0 Å². The molecule has 100 valence electrons. The summed E-state index contributed by atoms with van der Waals surface area (Å²) in [7, 11) is 1.70. The van der Waals surface area contributed by atoms with E-state index in [2.05, 4.69) is 4.98 Å². The second kappa shape index (κ2) is 4.12. The molecule has 7 heteroatoms. The molecule has 1 aliphatic heterocycles. The highest BCUT2D eigenvalue weighted by atomic mass is 32.1. The summed E-state index contributed by atoms with van der Waals surface area (Å²) in [5, 5.41) is 0. The summed E-state index contributed by atoms with van der Waals surface area (Å²) >= 11 is 5.13. The Morgan fingerprint density at radius 2 is 2.16 bits per heavy atom. The molecule has 1 amide bonds. The fourth-order valence-electron chi connectivity index (χ4n) is 2.50. The molecule has 1 saturated heterocycles. The first-order valence-electron chi connectivity index (χ1n) is 5.83. The number of rotatable bonds is 1. The van der Waals surface area contributed by atoms with Gasteiger partial charge in [-0.3, -0.25) is 4.79 Å². The van der Waals surface area contributed by atoms with E-state index in [-0.39, 0.29) is 21.7 Å². The van der Waals surface area contributed by atoms with Gasteiger partial charge < -0.3 is 14.5 Å². The molecule has 0 bridgehead atoms. The number of likely N-dealkylation sites (N-methyl/N-ethyl adjacent to an activating group) is 1. The van der Waals surface area contributed by atoms with E-state index in [1.54, 1.807) is 11.9 Å². The second-order valence-corrected chi connectivity index (χ2v) is 5.03. The SMILES string of the molecule is CN1CCC(n2c(=S)[nH]c3c(F)cc(F)cc32)C1=O. The van der Waals surface area contributed by atoms with E-state index in [1.165, 1.54) is 10.6 Å². The van der Waals surface area contributed by atoms with Gasteiger partial charge in [0, 0.05) is 19.7 Å². The highest BCUT2D eigenvalue weighted by Crippen LogP contribution is 2.28. The third-order valence-corrected chi connectivity index (χ3v) is 3.75. The average molecular weight is 283 g/mol. The monoisotopic (exact) mass is 283 g/mol. The largest absolute Gasteiger partial charge is 0.344 e. The molecule has 2 aromatic rings. The number of nitrogens with zero attached hydrogens (tertiary/aromatic N) is 2. The Kier molecular flexibility index (Phi) is 2.67. The zero-order valence-corrected chi connectivity index (χ0v) is 10.9. The van der Waals surface area contributed by atoms with Gasteiger partial charge in [0.1, 0.15) is 17.4 Å². The Bertz CT molecular complexity index is 736. The number of nitrogens with one attached hydrogen (secondary N) is 1. The predicted octanol–water partition coefficient (Wildman–Crippen LogP) is 2.38. The molecule has 1 unspecified atom stereocenters. The Balaban J connectivity index is 2.27. The number of H-pyrrole nitrogens is 1. The van der Waals surface area contributed by atoms with E-state index >= 15 is 0 Å². The molecular weight excluding hydrogens is 272 g/mol. The van der Waals surface area contributed by atoms with E-state index < -0.39 is 17.7 Å². The number of carbonyl (C=O) groups excluding carboxylic acids is 1. The van der Waals surface area contributed by atoms with E-state index in [1.807, 2.05) is 0 Å². The molecule has 1 atom stereocenters. The molecular formula is C12H11F2N3OS. The van der Waals surface area contributed by atoms with Crippen LogP contribution in [0.3, 0.4) is 0 Å². The van der Waals surface area contributed by atoms with Gasteiger partial charge in [-0.05, 0) is 24.7 Å². The van der Waals surface area contributed by atoms with Crippen LogP contribution >= 0.6 is 12.2 Å². The quantitative estimate of drug-likeness (QED) is 0.816. The maximum atomic E-state index is 13.7. The molecule has 0 aliphatic carbocycles. The number of fused-ring (bicyclic) bond motifs is 1. The first-order valence-corrected chi connectivity index (χ1v) is 6.24. The van der Waals surface area contributed by atoms with Crippen LogP contribution in [0.2, 0.25) is 0 Å². The van der Waals surface area contributed by atoms with Crippen molar-refractivity contribution in [3.63, 3.8) is 0 Å². The minimum atomic E-state index is -0.710. The van der Waals surface area contributed by atoms with Crippen LogP contribution < -0.4 is 0 Å². The van der Waals surface area contributed by atoms with Gasteiger partial charge in [0.2, 0.25) is 5.91 Å². The van der Waals surface area contributed by atoms with E-state index in [4.69, 9.17) is 12.2 Å². The standard InChI is InChI=1S/C12H11F2N3OS/c1-16-3-2-8(11(16)18)17-9-5-6(13)4-7(14)10(9)15-12(17)19/h4-5,8H,2-3H2,1H3,(H,15,19). The highest BCUT2D eigenvalue weighted by molar-refractivity contribution is 7.71. The third kappa shape index (κ3) is 1.76. The van der Waals surface area contributed by atoms with Crippen molar-refractivity contribution in [3.05, 3.63) is 28.5 Å². The molecule has 1 fully saturated rings. The number of aromatic nitrogens is 2. The molecule has 3 rings (SSSR count). The summed E-state index contributed by atoms with van der Waals surface area (Å²) in [6.45, 7) is 0.607. The fraction of sp³-hybridized carbons (Fsp3) is 0.333.